The quantitative estimate of drug-likeness (QED) is 0.352. The van der Waals surface area contributed by atoms with Crippen molar-refractivity contribution in [3.8, 4) is 6.07 Å². The number of ether oxygens (including phenoxy) is 1. The zero-order valence-electron chi connectivity index (χ0n) is 10.7. The van der Waals surface area contributed by atoms with Crippen LogP contribution in [0.5, 0.6) is 0 Å². The highest BCUT2D eigenvalue weighted by Gasteiger charge is 2.26. The fourth-order valence-electron chi connectivity index (χ4n) is 1.53. The van der Waals surface area contributed by atoms with Gasteiger partial charge in [0.05, 0.1) is 12.7 Å². The molecule has 0 radical (unpaired) electrons. The van der Waals surface area contributed by atoms with Crippen LogP contribution in [0.15, 0.2) is 0 Å². The van der Waals surface area contributed by atoms with Gasteiger partial charge in [-0.15, -0.1) is 0 Å². The van der Waals surface area contributed by atoms with E-state index in [1.54, 1.807) is 13.0 Å². The molecule has 1 unspecified atom stereocenters. The number of carbonyl (C=O) groups excluding carboxylic acids is 2. The highest BCUT2D eigenvalue weighted by Crippen LogP contribution is 2.10. The molecule has 0 spiro atoms. The van der Waals surface area contributed by atoms with Gasteiger partial charge in [-0.3, -0.25) is 9.59 Å². The Morgan fingerprint density at radius 2 is 1.82 bits per heavy atom. The maximum atomic E-state index is 11.6. The Labute approximate surface area is 103 Å². The van der Waals surface area contributed by atoms with Crippen molar-refractivity contribution in [1.29, 1.82) is 5.26 Å². The molecule has 0 N–H and O–H groups in total. The molecule has 0 aromatic carbocycles. The van der Waals surface area contributed by atoms with E-state index in [0.29, 0.717) is 6.42 Å². The molecular weight excluding hydrogens is 218 g/mol. The first kappa shape index (κ1) is 15.6. The molecule has 0 aliphatic carbocycles. The Morgan fingerprint density at radius 1 is 1.18 bits per heavy atom. The average molecular weight is 239 g/mol. The van der Waals surface area contributed by atoms with Gasteiger partial charge < -0.3 is 4.74 Å². The molecule has 0 bridgehead atoms. The molecule has 1 atom stereocenters. The lowest BCUT2D eigenvalue weighted by molar-refractivity contribution is -0.149. The van der Waals surface area contributed by atoms with E-state index in [4.69, 9.17) is 5.26 Å². The molecule has 0 fully saturated rings. The lowest BCUT2D eigenvalue weighted by Gasteiger charge is -2.07. The van der Waals surface area contributed by atoms with Gasteiger partial charge in [-0.1, -0.05) is 32.6 Å². The van der Waals surface area contributed by atoms with Gasteiger partial charge in [-0.2, -0.15) is 5.26 Å². The lowest BCUT2D eigenvalue weighted by Crippen LogP contribution is -2.24. The summed E-state index contributed by atoms with van der Waals surface area (Å²) in [6.45, 7) is 3.97. The van der Waals surface area contributed by atoms with E-state index in [9.17, 15) is 9.59 Å². The van der Waals surface area contributed by atoms with Gasteiger partial charge in [0, 0.05) is 6.42 Å². The number of esters is 1. The second kappa shape index (κ2) is 9.83. The molecule has 0 aromatic rings. The molecule has 0 saturated carbocycles. The van der Waals surface area contributed by atoms with Gasteiger partial charge in [-0.05, 0) is 13.3 Å². The summed E-state index contributed by atoms with van der Waals surface area (Å²) in [6.07, 6.45) is 5.42. The first-order valence-corrected chi connectivity index (χ1v) is 6.26. The summed E-state index contributed by atoms with van der Waals surface area (Å²) in [5.41, 5.74) is 0. The first-order valence-electron chi connectivity index (χ1n) is 6.26. The molecule has 4 nitrogen and oxygen atoms in total. The van der Waals surface area contributed by atoms with E-state index in [0.717, 1.165) is 32.1 Å². The van der Waals surface area contributed by atoms with Crippen molar-refractivity contribution < 1.29 is 14.3 Å². The van der Waals surface area contributed by atoms with Crippen molar-refractivity contribution >= 4 is 11.8 Å². The van der Waals surface area contributed by atoms with Crippen molar-refractivity contribution in [2.45, 2.75) is 52.4 Å². The largest absolute Gasteiger partial charge is 0.465 e. The highest BCUT2D eigenvalue weighted by molar-refractivity contribution is 6.01. The Kier molecular flexibility index (Phi) is 9.04. The molecule has 96 valence electrons. The monoisotopic (exact) mass is 239 g/mol. The maximum absolute atomic E-state index is 11.6. The molecular formula is C13H21NO3. The van der Waals surface area contributed by atoms with E-state index >= 15 is 0 Å². The molecule has 17 heavy (non-hydrogen) atoms. The summed E-state index contributed by atoms with van der Waals surface area (Å²) in [5, 5.41) is 8.76. The predicted octanol–water partition coefficient (Wildman–Crippen LogP) is 2.62. The Hall–Kier alpha value is -1.37. The number of hydrogen-bond donors (Lipinski definition) is 0. The summed E-state index contributed by atoms with van der Waals surface area (Å²) in [5.74, 6) is -2.27. The molecule has 0 rings (SSSR count). The Bertz CT molecular complexity index is 281. The standard InChI is InChI=1S/C13H21NO3/c1-3-5-6-7-8-9-12(15)11(10-14)13(16)17-4-2/h11H,3-9H2,1-2H3. The normalized spacial score (nSPS) is 11.6. The van der Waals surface area contributed by atoms with Crippen LogP contribution in [-0.4, -0.2) is 18.4 Å². The van der Waals surface area contributed by atoms with Gasteiger partial charge in [0.2, 0.25) is 5.92 Å². The average Bonchev–Trinajstić information content (AvgIpc) is 2.30. The summed E-state index contributed by atoms with van der Waals surface area (Å²) < 4.78 is 4.68. The van der Waals surface area contributed by atoms with Crippen molar-refractivity contribution in [3.63, 3.8) is 0 Å². The Morgan fingerprint density at radius 3 is 2.35 bits per heavy atom. The predicted molar refractivity (Wildman–Crippen MR) is 64.1 cm³/mol. The zero-order valence-corrected chi connectivity index (χ0v) is 10.7. The first-order chi connectivity index (χ1) is 8.17. The number of hydrogen-bond acceptors (Lipinski definition) is 4. The maximum Gasteiger partial charge on any atom is 0.331 e. The molecule has 0 amide bonds. The van der Waals surface area contributed by atoms with E-state index in [1.165, 1.54) is 0 Å². The second-order valence-corrected chi connectivity index (χ2v) is 3.94. The number of unbranched alkanes of at least 4 members (excludes halogenated alkanes) is 4. The van der Waals surface area contributed by atoms with Crippen LogP contribution >= 0.6 is 0 Å². The summed E-state index contributed by atoms with van der Waals surface area (Å²) in [6, 6.07) is 1.71. The van der Waals surface area contributed by atoms with E-state index < -0.39 is 11.9 Å². The SMILES string of the molecule is CCCCCCCC(=O)C(C#N)C(=O)OCC. The highest BCUT2D eigenvalue weighted by atomic mass is 16.5. The minimum absolute atomic E-state index is 0.195. The van der Waals surface area contributed by atoms with Crippen molar-refractivity contribution in [2.24, 2.45) is 5.92 Å². The van der Waals surface area contributed by atoms with E-state index in [2.05, 4.69) is 11.7 Å². The van der Waals surface area contributed by atoms with Crippen molar-refractivity contribution in [1.82, 2.24) is 0 Å². The number of carbonyl (C=O) groups is 2. The van der Waals surface area contributed by atoms with E-state index in [1.807, 2.05) is 0 Å². The number of nitriles is 1. The summed E-state index contributed by atoms with van der Waals surface area (Å²) >= 11 is 0. The van der Waals surface area contributed by atoms with Crippen LogP contribution in [0, 0.1) is 17.2 Å². The minimum atomic E-state index is -1.24. The molecule has 0 heterocycles. The third-order valence-electron chi connectivity index (χ3n) is 2.50. The minimum Gasteiger partial charge on any atom is -0.465 e. The van der Waals surface area contributed by atoms with Crippen LogP contribution in [0.25, 0.3) is 0 Å². The number of nitrogens with zero attached hydrogens (tertiary/aromatic N) is 1. The van der Waals surface area contributed by atoms with Crippen molar-refractivity contribution in [2.75, 3.05) is 6.61 Å². The van der Waals surface area contributed by atoms with Gasteiger partial charge >= 0.3 is 5.97 Å². The fraction of sp³-hybridized carbons (Fsp3) is 0.769. The van der Waals surface area contributed by atoms with Crippen LogP contribution in [0.2, 0.25) is 0 Å². The molecule has 4 heteroatoms. The van der Waals surface area contributed by atoms with Gasteiger partial charge in [0.25, 0.3) is 0 Å². The van der Waals surface area contributed by atoms with Crippen LogP contribution < -0.4 is 0 Å². The van der Waals surface area contributed by atoms with Gasteiger partial charge in [0.1, 0.15) is 0 Å². The number of Topliss-reactive ketones (excluding diaryl/α,β-unsaturated/α-hetero) is 1. The van der Waals surface area contributed by atoms with Gasteiger partial charge in [0.15, 0.2) is 5.78 Å². The van der Waals surface area contributed by atoms with Crippen LogP contribution in [0.3, 0.4) is 0 Å². The molecule has 0 saturated heterocycles. The summed E-state index contributed by atoms with van der Waals surface area (Å²) in [4.78, 5) is 22.9. The molecule has 0 aliphatic heterocycles. The lowest BCUT2D eigenvalue weighted by atomic mass is 10.00. The fourth-order valence-corrected chi connectivity index (χ4v) is 1.53. The third-order valence-corrected chi connectivity index (χ3v) is 2.50. The third kappa shape index (κ3) is 6.72. The van der Waals surface area contributed by atoms with Crippen molar-refractivity contribution in [3.05, 3.63) is 0 Å². The Balaban J connectivity index is 3.93. The van der Waals surface area contributed by atoms with Crippen LogP contribution in [0.4, 0.5) is 0 Å². The number of ketones is 1. The van der Waals surface area contributed by atoms with Crippen LogP contribution in [-0.2, 0) is 14.3 Å². The van der Waals surface area contributed by atoms with Crippen LogP contribution in [0.1, 0.15) is 52.4 Å². The smallest absolute Gasteiger partial charge is 0.331 e. The summed E-state index contributed by atoms with van der Waals surface area (Å²) in [7, 11) is 0. The molecule has 0 aliphatic rings. The van der Waals surface area contributed by atoms with E-state index in [-0.39, 0.29) is 12.4 Å². The second-order valence-electron chi connectivity index (χ2n) is 3.94. The number of rotatable bonds is 9. The molecule has 0 aromatic heterocycles. The zero-order chi connectivity index (χ0) is 13.1. The topological polar surface area (TPSA) is 67.2 Å². The van der Waals surface area contributed by atoms with Gasteiger partial charge in [-0.25, -0.2) is 0 Å².